The maximum Gasteiger partial charge on any atom is 0.203 e. The molecule has 1 aliphatic heterocycles. The molecular weight excluding hydrogens is 320 g/mol. The van der Waals surface area contributed by atoms with Crippen LogP contribution in [0.4, 0.5) is 0 Å². The van der Waals surface area contributed by atoms with Gasteiger partial charge >= 0.3 is 0 Å². The van der Waals surface area contributed by atoms with Gasteiger partial charge in [0.25, 0.3) is 0 Å². The highest BCUT2D eigenvalue weighted by atomic mass is 16.5. The third-order valence-electron chi connectivity index (χ3n) is 4.58. The first-order chi connectivity index (χ1) is 12.1. The van der Waals surface area contributed by atoms with Crippen molar-refractivity contribution in [1.82, 2.24) is 15.5 Å². The molecule has 0 radical (unpaired) electrons. The van der Waals surface area contributed by atoms with Crippen LogP contribution in [0.1, 0.15) is 18.4 Å². The van der Waals surface area contributed by atoms with Crippen molar-refractivity contribution in [3.05, 3.63) is 17.7 Å². The minimum Gasteiger partial charge on any atom is -0.493 e. The third kappa shape index (κ3) is 4.92. The van der Waals surface area contributed by atoms with Crippen molar-refractivity contribution < 1.29 is 14.2 Å². The van der Waals surface area contributed by atoms with Gasteiger partial charge in [-0.3, -0.25) is 4.99 Å². The average molecular weight is 350 g/mol. The van der Waals surface area contributed by atoms with Gasteiger partial charge in [0.2, 0.25) is 5.75 Å². The van der Waals surface area contributed by atoms with Crippen molar-refractivity contribution in [3.63, 3.8) is 0 Å². The highest BCUT2D eigenvalue weighted by molar-refractivity contribution is 5.79. The van der Waals surface area contributed by atoms with E-state index < -0.39 is 0 Å². The molecule has 2 N–H and O–H groups in total. The Morgan fingerprint density at radius 3 is 2.32 bits per heavy atom. The molecule has 2 rings (SSSR count). The van der Waals surface area contributed by atoms with Crippen LogP contribution in [-0.4, -0.2) is 65.4 Å². The molecule has 1 atom stereocenters. The van der Waals surface area contributed by atoms with E-state index in [9.17, 15) is 0 Å². The van der Waals surface area contributed by atoms with E-state index in [0.29, 0.717) is 29.8 Å². The fourth-order valence-electron chi connectivity index (χ4n) is 3.10. The molecule has 140 valence electrons. The van der Waals surface area contributed by atoms with Gasteiger partial charge in [0, 0.05) is 26.2 Å². The molecule has 1 fully saturated rings. The molecule has 0 aromatic heterocycles. The molecule has 0 saturated carbocycles. The lowest BCUT2D eigenvalue weighted by Crippen LogP contribution is -2.43. The van der Waals surface area contributed by atoms with E-state index >= 15 is 0 Å². The minimum atomic E-state index is 0.569. The number of guanidine groups is 1. The molecule has 7 heteroatoms. The van der Waals surface area contributed by atoms with E-state index in [1.54, 1.807) is 28.4 Å². The van der Waals surface area contributed by atoms with E-state index in [-0.39, 0.29) is 0 Å². The molecule has 7 nitrogen and oxygen atoms in total. The third-order valence-corrected chi connectivity index (χ3v) is 4.58. The van der Waals surface area contributed by atoms with Gasteiger partial charge in [-0.15, -0.1) is 0 Å². The van der Waals surface area contributed by atoms with Crippen molar-refractivity contribution in [2.45, 2.75) is 25.4 Å². The number of likely N-dealkylation sites (tertiary alicyclic amines) is 1. The topological polar surface area (TPSA) is 67.4 Å². The second-order valence-corrected chi connectivity index (χ2v) is 6.12. The molecule has 1 aromatic rings. The maximum atomic E-state index is 5.40. The highest BCUT2D eigenvalue weighted by Gasteiger charge is 2.20. The molecule has 1 heterocycles. The zero-order valence-corrected chi connectivity index (χ0v) is 15.9. The standard InChI is InChI=1S/C18H30N4O3/c1-19-18(21-12-14-7-6-8-22(14)2)20-11-13-9-15(23-3)17(25-5)16(10-13)24-4/h9-10,14H,6-8,11-12H2,1-5H3,(H2,19,20,21). The minimum absolute atomic E-state index is 0.569. The van der Waals surface area contributed by atoms with Crippen LogP contribution in [0.2, 0.25) is 0 Å². The van der Waals surface area contributed by atoms with Gasteiger partial charge in [-0.2, -0.15) is 0 Å². The summed E-state index contributed by atoms with van der Waals surface area (Å²) >= 11 is 0. The van der Waals surface area contributed by atoms with E-state index in [1.807, 2.05) is 12.1 Å². The number of nitrogens with zero attached hydrogens (tertiary/aromatic N) is 2. The Labute approximate surface area is 150 Å². The second kappa shape index (κ2) is 9.36. The number of methoxy groups -OCH3 is 3. The zero-order chi connectivity index (χ0) is 18.2. The highest BCUT2D eigenvalue weighted by Crippen LogP contribution is 2.38. The molecule has 1 saturated heterocycles. The fourth-order valence-corrected chi connectivity index (χ4v) is 3.10. The van der Waals surface area contributed by atoms with Crippen LogP contribution in [0.25, 0.3) is 0 Å². The molecule has 1 aliphatic rings. The predicted octanol–water partition coefficient (Wildman–Crippen LogP) is 1.47. The lowest BCUT2D eigenvalue weighted by molar-refractivity contribution is 0.309. The summed E-state index contributed by atoms with van der Waals surface area (Å²) in [5.74, 6) is 2.68. The quantitative estimate of drug-likeness (QED) is 0.573. The van der Waals surface area contributed by atoms with Crippen LogP contribution in [0.3, 0.4) is 0 Å². The van der Waals surface area contributed by atoms with E-state index in [1.165, 1.54) is 19.4 Å². The summed E-state index contributed by atoms with van der Waals surface area (Å²) in [6, 6.07) is 4.44. The number of hydrogen-bond donors (Lipinski definition) is 2. The lowest BCUT2D eigenvalue weighted by atomic mass is 10.2. The number of ether oxygens (including phenoxy) is 3. The van der Waals surface area contributed by atoms with Gasteiger partial charge in [0.1, 0.15) is 0 Å². The maximum absolute atomic E-state index is 5.40. The van der Waals surface area contributed by atoms with Crippen LogP contribution in [-0.2, 0) is 6.54 Å². The summed E-state index contributed by atoms with van der Waals surface area (Å²) in [5.41, 5.74) is 1.02. The normalized spacial score (nSPS) is 18.1. The predicted molar refractivity (Wildman–Crippen MR) is 100.0 cm³/mol. The van der Waals surface area contributed by atoms with Gasteiger partial charge in [0.15, 0.2) is 17.5 Å². The van der Waals surface area contributed by atoms with Crippen molar-refractivity contribution in [1.29, 1.82) is 0 Å². The molecule has 25 heavy (non-hydrogen) atoms. The Balaban J connectivity index is 1.96. The van der Waals surface area contributed by atoms with E-state index in [2.05, 4.69) is 27.6 Å². The van der Waals surface area contributed by atoms with E-state index in [4.69, 9.17) is 14.2 Å². The molecular formula is C18H30N4O3. The summed E-state index contributed by atoms with van der Waals surface area (Å²) in [6.45, 7) is 2.67. The van der Waals surface area contributed by atoms with Gasteiger partial charge in [-0.1, -0.05) is 0 Å². The van der Waals surface area contributed by atoms with E-state index in [0.717, 1.165) is 18.1 Å². The van der Waals surface area contributed by atoms with Crippen LogP contribution in [0, 0.1) is 0 Å². The van der Waals surface area contributed by atoms with Crippen molar-refractivity contribution in [2.24, 2.45) is 4.99 Å². The van der Waals surface area contributed by atoms with Crippen molar-refractivity contribution >= 4 is 5.96 Å². The summed E-state index contributed by atoms with van der Waals surface area (Å²) in [7, 11) is 8.79. The van der Waals surface area contributed by atoms with Gasteiger partial charge in [-0.25, -0.2) is 0 Å². The largest absolute Gasteiger partial charge is 0.493 e. The first kappa shape index (κ1) is 19.2. The molecule has 0 spiro atoms. The first-order valence-corrected chi connectivity index (χ1v) is 8.56. The lowest BCUT2D eigenvalue weighted by Gasteiger charge is -2.21. The van der Waals surface area contributed by atoms with Gasteiger partial charge in [0.05, 0.1) is 21.3 Å². The average Bonchev–Trinajstić information content (AvgIpc) is 3.05. The molecule has 1 aromatic carbocycles. The van der Waals surface area contributed by atoms with Crippen molar-refractivity contribution in [2.75, 3.05) is 48.5 Å². The number of aliphatic imine (C=N–C) groups is 1. The van der Waals surface area contributed by atoms with Crippen molar-refractivity contribution in [3.8, 4) is 17.2 Å². The number of benzene rings is 1. The summed E-state index contributed by atoms with van der Waals surface area (Å²) in [4.78, 5) is 6.69. The van der Waals surface area contributed by atoms with Crippen LogP contribution in [0.5, 0.6) is 17.2 Å². The number of likely N-dealkylation sites (N-methyl/N-ethyl adjacent to an activating group) is 1. The Morgan fingerprint density at radius 2 is 1.84 bits per heavy atom. The Kier molecular flexibility index (Phi) is 7.18. The first-order valence-electron chi connectivity index (χ1n) is 8.56. The fraction of sp³-hybridized carbons (Fsp3) is 0.611. The number of hydrogen-bond acceptors (Lipinski definition) is 5. The number of rotatable bonds is 7. The van der Waals surface area contributed by atoms with Crippen LogP contribution < -0.4 is 24.8 Å². The molecule has 0 amide bonds. The van der Waals surface area contributed by atoms with Gasteiger partial charge in [-0.05, 0) is 44.1 Å². The smallest absolute Gasteiger partial charge is 0.203 e. The Hall–Kier alpha value is -2.15. The van der Waals surface area contributed by atoms with Crippen LogP contribution >= 0.6 is 0 Å². The monoisotopic (exact) mass is 350 g/mol. The summed E-state index contributed by atoms with van der Waals surface area (Å²) in [6.07, 6.45) is 2.49. The van der Waals surface area contributed by atoms with Gasteiger partial charge < -0.3 is 29.7 Å². The molecule has 0 aliphatic carbocycles. The number of nitrogens with one attached hydrogen (secondary N) is 2. The summed E-state index contributed by atoms with van der Waals surface area (Å²) in [5, 5.41) is 6.73. The molecule has 1 unspecified atom stereocenters. The van der Waals surface area contributed by atoms with Crippen LogP contribution in [0.15, 0.2) is 17.1 Å². The Morgan fingerprint density at radius 1 is 1.16 bits per heavy atom. The Bertz CT molecular complexity index is 567. The SMILES string of the molecule is CN=C(NCc1cc(OC)c(OC)c(OC)c1)NCC1CCCN1C. The summed E-state index contributed by atoms with van der Waals surface area (Å²) < 4.78 is 16.1. The zero-order valence-electron chi connectivity index (χ0n) is 15.9. The molecule has 0 bridgehead atoms. The second-order valence-electron chi connectivity index (χ2n) is 6.12.